The summed E-state index contributed by atoms with van der Waals surface area (Å²) >= 11 is 0. The number of hydrogen-bond donors (Lipinski definition) is 3. The summed E-state index contributed by atoms with van der Waals surface area (Å²) in [4.78, 5) is 11.9. The molecule has 1 amide bonds. The van der Waals surface area contributed by atoms with E-state index in [1.807, 2.05) is 0 Å². The normalized spacial score (nSPS) is 12.1. The summed E-state index contributed by atoms with van der Waals surface area (Å²) in [5, 5.41) is 11.8. The van der Waals surface area contributed by atoms with Crippen LogP contribution in [0.1, 0.15) is 17.3 Å². The fourth-order valence-electron chi connectivity index (χ4n) is 1.27. The van der Waals surface area contributed by atoms with Gasteiger partial charge in [0.05, 0.1) is 5.56 Å². The van der Waals surface area contributed by atoms with E-state index in [9.17, 15) is 4.79 Å². The molecule has 18 heavy (non-hydrogen) atoms. The molecule has 94 valence electrons. The molecule has 1 rings (SSSR count). The minimum absolute atomic E-state index is 0.0304. The molecule has 0 bridgehead atoms. The number of rotatable bonds is 4. The zero-order valence-electron chi connectivity index (χ0n) is 10.2. The van der Waals surface area contributed by atoms with E-state index in [1.54, 1.807) is 37.3 Å². The molecule has 0 spiro atoms. The first-order valence-corrected chi connectivity index (χ1v) is 5.40. The molecule has 4 nitrogen and oxygen atoms in total. The van der Waals surface area contributed by atoms with Gasteiger partial charge in [-0.1, -0.05) is 18.7 Å². The zero-order valence-corrected chi connectivity index (χ0v) is 10.2. The number of benzene rings is 1. The van der Waals surface area contributed by atoms with Crippen molar-refractivity contribution in [3.8, 4) is 0 Å². The van der Waals surface area contributed by atoms with Crippen LogP contribution in [0.3, 0.4) is 0 Å². The third-order valence-electron chi connectivity index (χ3n) is 2.23. The van der Waals surface area contributed by atoms with Crippen molar-refractivity contribution in [3.63, 3.8) is 0 Å². The Kier molecular flexibility index (Phi) is 4.75. The third-order valence-corrected chi connectivity index (χ3v) is 2.23. The van der Waals surface area contributed by atoms with Crippen molar-refractivity contribution in [2.24, 2.45) is 0 Å². The number of nitrogens with one attached hydrogen (secondary N) is 1. The van der Waals surface area contributed by atoms with Crippen molar-refractivity contribution in [1.82, 2.24) is 5.32 Å². The van der Waals surface area contributed by atoms with Gasteiger partial charge in [-0.3, -0.25) is 4.79 Å². The van der Waals surface area contributed by atoms with Gasteiger partial charge in [0.2, 0.25) is 0 Å². The first kappa shape index (κ1) is 13.6. The average molecular weight is 244 g/mol. The van der Waals surface area contributed by atoms with E-state index in [-0.39, 0.29) is 11.7 Å². The Bertz CT molecular complexity index is 516. The molecule has 1 aromatic carbocycles. The Morgan fingerprint density at radius 3 is 2.67 bits per heavy atom. The molecule has 4 heteroatoms. The Morgan fingerprint density at radius 2 is 2.06 bits per heavy atom. The molecule has 0 atom stereocenters. The van der Waals surface area contributed by atoms with Gasteiger partial charge in [0.1, 0.15) is 5.76 Å². The molecule has 0 heterocycles. The van der Waals surface area contributed by atoms with Gasteiger partial charge in [-0.25, -0.2) is 0 Å². The van der Waals surface area contributed by atoms with E-state index in [0.29, 0.717) is 16.9 Å². The van der Waals surface area contributed by atoms with Gasteiger partial charge in [-0.05, 0) is 37.3 Å². The summed E-state index contributed by atoms with van der Waals surface area (Å²) in [6, 6.07) is 6.82. The fraction of sp³-hybridized carbons (Fsp3) is 0.0714. The number of anilines is 1. The molecule has 0 fully saturated rings. The second kappa shape index (κ2) is 6.30. The maximum atomic E-state index is 11.9. The number of aliphatic hydroxyl groups is 1. The molecular weight excluding hydrogens is 228 g/mol. The minimum Gasteiger partial charge on any atom is -0.508 e. The Morgan fingerprint density at radius 1 is 1.39 bits per heavy atom. The zero-order chi connectivity index (χ0) is 13.5. The number of para-hydroxylation sites is 1. The number of hydrogen-bond acceptors (Lipinski definition) is 3. The highest BCUT2D eigenvalue weighted by Gasteiger charge is 2.08. The summed E-state index contributed by atoms with van der Waals surface area (Å²) in [6.07, 6.45) is 4.33. The second-order valence-electron chi connectivity index (χ2n) is 3.69. The maximum Gasteiger partial charge on any atom is 0.257 e. The van der Waals surface area contributed by atoms with E-state index < -0.39 is 0 Å². The highest BCUT2D eigenvalue weighted by molar-refractivity contribution is 5.99. The summed E-state index contributed by atoms with van der Waals surface area (Å²) < 4.78 is 0. The Labute approximate surface area is 106 Å². The summed E-state index contributed by atoms with van der Waals surface area (Å²) in [5.74, 6) is -0.254. The van der Waals surface area contributed by atoms with E-state index in [0.717, 1.165) is 0 Å². The quantitative estimate of drug-likeness (QED) is 0.433. The number of carbonyl (C=O) groups is 1. The van der Waals surface area contributed by atoms with Gasteiger partial charge < -0.3 is 16.2 Å². The lowest BCUT2D eigenvalue weighted by atomic mass is 10.1. The molecule has 1 aromatic rings. The maximum absolute atomic E-state index is 11.9. The van der Waals surface area contributed by atoms with Crippen LogP contribution in [0.5, 0.6) is 0 Å². The van der Waals surface area contributed by atoms with Gasteiger partial charge >= 0.3 is 0 Å². The lowest BCUT2D eigenvalue weighted by Crippen LogP contribution is -2.22. The van der Waals surface area contributed by atoms with Crippen molar-refractivity contribution in [3.05, 3.63) is 66.1 Å². The highest BCUT2D eigenvalue weighted by atomic mass is 16.3. The molecule has 0 unspecified atom stereocenters. The highest BCUT2D eigenvalue weighted by Crippen LogP contribution is 2.10. The van der Waals surface area contributed by atoms with Crippen LogP contribution in [0.15, 0.2) is 60.5 Å². The van der Waals surface area contributed by atoms with Crippen LogP contribution in [-0.4, -0.2) is 11.0 Å². The van der Waals surface area contributed by atoms with Gasteiger partial charge in [-0.15, -0.1) is 0 Å². The first-order valence-electron chi connectivity index (χ1n) is 5.40. The van der Waals surface area contributed by atoms with Crippen molar-refractivity contribution >= 4 is 11.6 Å². The number of carbonyl (C=O) groups excluding carboxylic acids is 1. The molecular formula is C14H16N2O2. The molecule has 0 aliphatic heterocycles. The van der Waals surface area contributed by atoms with Crippen molar-refractivity contribution in [2.75, 3.05) is 5.73 Å². The van der Waals surface area contributed by atoms with Crippen LogP contribution in [0.2, 0.25) is 0 Å². The monoisotopic (exact) mass is 244 g/mol. The first-order chi connectivity index (χ1) is 8.54. The molecule has 4 N–H and O–H groups in total. The molecule has 0 saturated carbocycles. The molecule has 0 aliphatic rings. The molecule has 0 saturated heterocycles. The smallest absolute Gasteiger partial charge is 0.257 e. The Balaban J connectivity index is 2.77. The number of nitrogens with two attached hydrogens (primary N) is 1. The number of aliphatic hydroxyl groups excluding tert-OH is 1. The third kappa shape index (κ3) is 3.83. The predicted octanol–water partition coefficient (Wildman–Crippen LogP) is 2.53. The number of allylic oxidation sites excluding steroid dienone is 4. The Hall–Kier alpha value is -2.49. The van der Waals surface area contributed by atoms with Gasteiger partial charge in [-0.2, -0.15) is 0 Å². The van der Waals surface area contributed by atoms with Crippen LogP contribution in [0.25, 0.3) is 0 Å². The average Bonchev–Trinajstić information content (AvgIpc) is 2.36. The largest absolute Gasteiger partial charge is 0.508 e. The summed E-state index contributed by atoms with van der Waals surface area (Å²) in [7, 11) is 0. The number of amides is 1. The SMILES string of the molecule is C=C/C(O)=C\C=C(/C)NC(=O)c1ccccc1N. The topological polar surface area (TPSA) is 75.3 Å². The van der Waals surface area contributed by atoms with Gasteiger partial charge in [0, 0.05) is 11.4 Å². The van der Waals surface area contributed by atoms with Crippen LogP contribution in [-0.2, 0) is 0 Å². The lowest BCUT2D eigenvalue weighted by Gasteiger charge is -2.06. The van der Waals surface area contributed by atoms with Gasteiger partial charge in [0.15, 0.2) is 0 Å². The number of nitrogen functional groups attached to an aromatic ring is 1. The van der Waals surface area contributed by atoms with Crippen LogP contribution in [0, 0.1) is 0 Å². The van der Waals surface area contributed by atoms with Crippen LogP contribution in [0.4, 0.5) is 5.69 Å². The van der Waals surface area contributed by atoms with E-state index in [1.165, 1.54) is 12.2 Å². The van der Waals surface area contributed by atoms with E-state index >= 15 is 0 Å². The predicted molar refractivity (Wildman–Crippen MR) is 73.0 cm³/mol. The van der Waals surface area contributed by atoms with Crippen molar-refractivity contribution in [1.29, 1.82) is 0 Å². The summed E-state index contributed by atoms with van der Waals surface area (Å²) in [6.45, 7) is 5.12. The minimum atomic E-state index is -0.284. The fourth-order valence-corrected chi connectivity index (χ4v) is 1.27. The molecule has 0 radical (unpaired) electrons. The van der Waals surface area contributed by atoms with E-state index in [4.69, 9.17) is 10.8 Å². The van der Waals surface area contributed by atoms with Crippen LogP contribution >= 0.6 is 0 Å². The van der Waals surface area contributed by atoms with Crippen molar-refractivity contribution in [2.45, 2.75) is 6.92 Å². The molecule has 0 aromatic heterocycles. The van der Waals surface area contributed by atoms with E-state index in [2.05, 4.69) is 11.9 Å². The van der Waals surface area contributed by atoms with Gasteiger partial charge in [0.25, 0.3) is 5.91 Å². The van der Waals surface area contributed by atoms with Crippen LogP contribution < -0.4 is 11.1 Å². The second-order valence-corrected chi connectivity index (χ2v) is 3.69. The summed E-state index contributed by atoms with van der Waals surface area (Å²) in [5.41, 5.74) is 7.13. The standard InChI is InChI=1S/C14H16N2O2/c1-3-11(17)9-8-10(2)16-14(18)12-6-4-5-7-13(12)15/h3-9,17H,1,15H2,2H3,(H,16,18)/b10-8+,11-9+. The molecule has 0 aliphatic carbocycles. The van der Waals surface area contributed by atoms with Crippen molar-refractivity contribution < 1.29 is 9.90 Å². The lowest BCUT2D eigenvalue weighted by molar-refractivity contribution is 0.0967.